The minimum Gasteiger partial charge on any atom is -0.445 e. The van der Waals surface area contributed by atoms with E-state index in [4.69, 9.17) is 19.9 Å². The van der Waals surface area contributed by atoms with Crippen molar-refractivity contribution in [2.24, 2.45) is 5.73 Å². The molecule has 52 heavy (non-hydrogen) atoms. The van der Waals surface area contributed by atoms with Crippen LogP contribution in [0.4, 0.5) is 14.4 Å². The molecule has 14 nitrogen and oxygen atoms in total. The molecule has 0 aliphatic carbocycles. The quantitative estimate of drug-likeness (QED) is 0.0656. The third-order valence-corrected chi connectivity index (χ3v) is 7.69. The van der Waals surface area contributed by atoms with Gasteiger partial charge in [0.25, 0.3) is 0 Å². The minimum atomic E-state index is -0.720. The van der Waals surface area contributed by atoms with Crippen molar-refractivity contribution in [2.45, 2.75) is 70.4 Å². The molecule has 0 heterocycles. The molecule has 7 N–H and O–H groups in total. The van der Waals surface area contributed by atoms with Crippen LogP contribution in [0.15, 0.2) is 91.0 Å². The zero-order valence-electron chi connectivity index (χ0n) is 29.4. The van der Waals surface area contributed by atoms with E-state index >= 15 is 0 Å². The maximum atomic E-state index is 12.7. The lowest BCUT2D eigenvalue weighted by molar-refractivity contribution is -0.123. The van der Waals surface area contributed by atoms with Crippen molar-refractivity contribution in [3.63, 3.8) is 0 Å². The number of alkyl carbamates (subject to hydrolysis) is 3. The maximum Gasteiger partial charge on any atom is 0.407 e. The number of carbonyl (C=O) groups excluding carboxylic acids is 5. The van der Waals surface area contributed by atoms with Crippen molar-refractivity contribution in [1.29, 1.82) is 0 Å². The molecule has 5 amide bonds. The summed E-state index contributed by atoms with van der Waals surface area (Å²) in [5, 5.41) is 13.5. The SMILES string of the molecule is N[C@@H](CCCCNC(=O)OCc1ccccc1)C(=O)NCCC[C@@H](CC(=O)NCCNC(=O)OCc1ccccc1)NC(=O)OCc1ccccc1. The number of rotatable bonds is 22. The summed E-state index contributed by atoms with van der Waals surface area (Å²) in [5.41, 5.74) is 8.63. The van der Waals surface area contributed by atoms with Gasteiger partial charge in [0.2, 0.25) is 11.8 Å². The molecule has 0 unspecified atom stereocenters. The molecular formula is C38H50N6O8. The molecule has 0 spiro atoms. The van der Waals surface area contributed by atoms with Gasteiger partial charge in [-0.3, -0.25) is 9.59 Å². The smallest absolute Gasteiger partial charge is 0.407 e. The van der Waals surface area contributed by atoms with Crippen molar-refractivity contribution >= 4 is 30.1 Å². The Morgan fingerprint density at radius 2 is 0.981 bits per heavy atom. The summed E-state index contributed by atoms with van der Waals surface area (Å²) in [4.78, 5) is 61.7. The van der Waals surface area contributed by atoms with Crippen LogP contribution in [0.3, 0.4) is 0 Å². The molecule has 14 heteroatoms. The second kappa shape index (κ2) is 24.5. The number of nitrogens with one attached hydrogen (secondary N) is 5. The van der Waals surface area contributed by atoms with E-state index in [1.807, 2.05) is 91.0 Å². The first kappa shape index (κ1) is 40.8. The molecule has 280 valence electrons. The van der Waals surface area contributed by atoms with Gasteiger partial charge in [-0.15, -0.1) is 0 Å². The normalized spacial score (nSPS) is 11.6. The van der Waals surface area contributed by atoms with Crippen LogP contribution in [-0.4, -0.2) is 68.4 Å². The molecule has 3 aromatic rings. The first-order valence-electron chi connectivity index (χ1n) is 17.4. The molecule has 0 aliphatic rings. The van der Waals surface area contributed by atoms with Crippen LogP contribution in [0.5, 0.6) is 0 Å². The summed E-state index contributed by atoms with van der Waals surface area (Å²) in [7, 11) is 0. The van der Waals surface area contributed by atoms with E-state index in [1.165, 1.54) is 0 Å². The first-order valence-corrected chi connectivity index (χ1v) is 17.4. The highest BCUT2D eigenvalue weighted by atomic mass is 16.6. The van der Waals surface area contributed by atoms with Crippen LogP contribution in [0.1, 0.15) is 55.2 Å². The van der Waals surface area contributed by atoms with Crippen LogP contribution < -0.4 is 32.3 Å². The fourth-order valence-corrected chi connectivity index (χ4v) is 4.87. The summed E-state index contributed by atoms with van der Waals surface area (Å²) in [5.74, 6) is -0.646. The van der Waals surface area contributed by atoms with Gasteiger partial charge >= 0.3 is 18.3 Å². The fraction of sp³-hybridized carbons (Fsp3) is 0.395. The molecule has 0 aliphatic heterocycles. The van der Waals surface area contributed by atoms with Gasteiger partial charge in [0, 0.05) is 38.6 Å². The van der Waals surface area contributed by atoms with Gasteiger partial charge in [0.15, 0.2) is 0 Å². The van der Waals surface area contributed by atoms with E-state index in [0.29, 0.717) is 38.6 Å². The van der Waals surface area contributed by atoms with Crippen molar-refractivity contribution in [3.8, 4) is 0 Å². The molecular weight excluding hydrogens is 668 g/mol. The Balaban J connectivity index is 1.32. The summed E-state index contributed by atoms with van der Waals surface area (Å²) < 4.78 is 15.7. The van der Waals surface area contributed by atoms with Crippen molar-refractivity contribution in [3.05, 3.63) is 108 Å². The Labute approximate surface area is 304 Å². The number of amides is 5. The fourth-order valence-electron chi connectivity index (χ4n) is 4.87. The first-order chi connectivity index (χ1) is 25.3. The highest BCUT2D eigenvalue weighted by Gasteiger charge is 2.18. The average molecular weight is 719 g/mol. The molecule has 0 bridgehead atoms. The predicted molar refractivity (Wildman–Crippen MR) is 195 cm³/mol. The third-order valence-electron chi connectivity index (χ3n) is 7.69. The molecule has 0 saturated heterocycles. The van der Waals surface area contributed by atoms with Crippen molar-refractivity contribution < 1.29 is 38.2 Å². The zero-order valence-corrected chi connectivity index (χ0v) is 29.4. The lowest BCUT2D eigenvalue weighted by Crippen LogP contribution is -2.43. The Bertz CT molecular complexity index is 1500. The Morgan fingerprint density at radius 3 is 1.52 bits per heavy atom. The third kappa shape index (κ3) is 18.4. The van der Waals surface area contributed by atoms with E-state index in [9.17, 15) is 24.0 Å². The number of ether oxygens (including phenoxy) is 3. The van der Waals surface area contributed by atoms with Crippen LogP contribution in [0.25, 0.3) is 0 Å². The van der Waals surface area contributed by atoms with E-state index in [2.05, 4.69) is 26.6 Å². The number of hydrogen-bond donors (Lipinski definition) is 6. The highest BCUT2D eigenvalue weighted by Crippen LogP contribution is 2.07. The number of nitrogens with two attached hydrogens (primary N) is 1. The molecule has 3 rings (SSSR count). The average Bonchev–Trinajstić information content (AvgIpc) is 3.16. The van der Waals surface area contributed by atoms with E-state index in [-0.39, 0.29) is 57.7 Å². The number of benzene rings is 3. The number of hydrogen-bond acceptors (Lipinski definition) is 9. The molecule has 0 saturated carbocycles. The van der Waals surface area contributed by atoms with E-state index in [1.54, 1.807) is 0 Å². The second-order valence-electron chi connectivity index (χ2n) is 12.0. The van der Waals surface area contributed by atoms with Gasteiger partial charge in [-0.25, -0.2) is 14.4 Å². The zero-order chi connectivity index (χ0) is 37.2. The standard InChI is InChI=1S/C38H50N6O8/c39-33(20-10-11-21-42-36(47)50-26-29-13-4-1-5-14-29)35(46)41-22-12-19-32(44-38(49)52-28-31-17-8-3-9-18-31)25-34(45)40-23-24-43-37(48)51-27-30-15-6-2-7-16-30/h1-9,13-18,32-33H,10-12,19-28,39H2,(H,40,45)(H,41,46)(H,42,47)(H,43,48)(H,44,49)/t32-,33-/m0/s1. The summed E-state index contributed by atoms with van der Waals surface area (Å²) in [6, 6.07) is 26.5. The van der Waals surface area contributed by atoms with Gasteiger partial charge < -0.3 is 46.5 Å². The van der Waals surface area contributed by atoms with Crippen LogP contribution in [-0.2, 0) is 43.6 Å². The monoisotopic (exact) mass is 718 g/mol. The topological polar surface area (TPSA) is 199 Å². The summed E-state index contributed by atoms with van der Waals surface area (Å²) >= 11 is 0. The summed E-state index contributed by atoms with van der Waals surface area (Å²) in [6.07, 6.45) is 0.705. The van der Waals surface area contributed by atoms with Crippen molar-refractivity contribution in [1.82, 2.24) is 26.6 Å². The van der Waals surface area contributed by atoms with E-state index in [0.717, 1.165) is 16.7 Å². The van der Waals surface area contributed by atoms with Crippen LogP contribution >= 0.6 is 0 Å². The number of unbranched alkanes of at least 4 members (excludes halogenated alkanes) is 1. The summed E-state index contributed by atoms with van der Waals surface area (Å²) in [6.45, 7) is 1.39. The van der Waals surface area contributed by atoms with Gasteiger partial charge in [-0.05, 0) is 48.8 Å². The molecule has 0 fully saturated rings. The molecule has 2 atom stereocenters. The van der Waals surface area contributed by atoms with Crippen LogP contribution in [0.2, 0.25) is 0 Å². The van der Waals surface area contributed by atoms with Gasteiger partial charge in [0.1, 0.15) is 19.8 Å². The van der Waals surface area contributed by atoms with Gasteiger partial charge in [0.05, 0.1) is 6.04 Å². The highest BCUT2D eigenvalue weighted by molar-refractivity contribution is 5.81. The lowest BCUT2D eigenvalue weighted by atomic mass is 10.1. The minimum absolute atomic E-state index is 0.0415. The molecule has 0 aromatic heterocycles. The Morgan fingerprint density at radius 1 is 0.519 bits per heavy atom. The van der Waals surface area contributed by atoms with Crippen molar-refractivity contribution in [2.75, 3.05) is 26.2 Å². The van der Waals surface area contributed by atoms with Gasteiger partial charge in [-0.2, -0.15) is 0 Å². The van der Waals surface area contributed by atoms with Gasteiger partial charge in [-0.1, -0.05) is 91.0 Å². The largest absolute Gasteiger partial charge is 0.445 e. The van der Waals surface area contributed by atoms with Crippen LogP contribution in [0, 0.1) is 0 Å². The second-order valence-corrected chi connectivity index (χ2v) is 12.0. The maximum absolute atomic E-state index is 12.7. The van der Waals surface area contributed by atoms with E-state index < -0.39 is 30.4 Å². The predicted octanol–water partition coefficient (Wildman–Crippen LogP) is 4.03. The Kier molecular flexibility index (Phi) is 19.2. The Hall–Kier alpha value is -5.63. The lowest BCUT2D eigenvalue weighted by Gasteiger charge is -2.19. The number of carbonyl (C=O) groups is 5. The molecule has 3 aromatic carbocycles. The molecule has 0 radical (unpaired) electrons.